The highest BCUT2D eigenvalue weighted by Crippen LogP contribution is 2.23. The zero-order chi connectivity index (χ0) is 19.1. The molecule has 0 bridgehead atoms. The minimum atomic E-state index is -0.696. The third-order valence-corrected chi connectivity index (χ3v) is 3.58. The average Bonchev–Trinajstić information content (AvgIpc) is 2.60. The molecule has 26 heavy (non-hydrogen) atoms. The van der Waals surface area contributed by atoms with E-state index in [2.05, 4.69) is 10.6 Å². The van der Waals surface area contributed by atoms with Crippen molar-refractivity contribution in [3.8, 4) is 0 Å². The van der Waals surface area contributed by atoms with Crippen molar-refractivity contribution in [1.82, 2.24) is 0 Å². The summed E-state index contributed by atoms with van der Waals surface area (Å²) in [7, 11) is 0. The fourth-order valence-corrected chi connectivity index (χ4v) is 2.35. The molecule has 2 aromatic carbocycles. The number of hydrogen-bond donors (Lipinski definition) is 3. The van der Waals surface area contributed by atoms with Gasteiger partial charge in [-0.2, -0.15) is 0 Å². The van der Waals surface area contributed by atoms with Crippen LogP contribution in [-0.2, 0) is 9.53 Å². The van der Waals surface area contributed by atoms with E-state index in [1.54, 1.807) is 6.07 Å². The molecule has 0 aliphatic heterocycles. The Bertz CT molecular complexity index is 801. The van der Waals surface area contributed by atoms with Gasteiger partial charge in [0.1, 0.15) is 0 Å². The van der Waals surface area contributed by atoms with E-state index >= 15 is 0 Å². The number of primary amides is 1. The van der Waals surface area contributed by atoms with Gasteiger partial charge in [0.05, 0.1) is 5.56 Å². The Hall–Kier alpha value is -3.35. The van der Waals surface area contributed by atoms with Gasteiger partial charge in [0.25, 0.3) is 5.91 Å². The highest BCUT2D eigenvalue weighted by molar-refractivity contribution is 5.96. The Morgan fingerprint density at radius 1 is 1.00 bits per heavy atom. The Labute approximate surface area is 151 Å². The first-order valence-corrected chi connectivity index (χ1v) is 8.09. The summed E-state index contributed by atoms with van der Waals surface area (Å²) in [5.41, 5.74) is 7.43. The summed E-state index contributed by atoms with van der Waals surface area (Å²) < 4.78 is 5.02. The van der Waals surface area contributed by atoms with Gasteiger partial charge < -0.3 is 21.1 Å². The van der Waals surface area contributed by atoms with E-state index in [1.807, 2.05) is 32.0 Å². The topological polar surface area (TPSA) is 111 Å². The first-order valence-electron chi connectivity index (χ1n) is 8.09. The van der Waals surface area contributed by atoms with E-state index < -0.39 is 24.5 Å². The molecule has 7 nitrogen and oxygen atoms in total. The number of carbonyl (C=O) groups is 3. The van der Waals surface area contributed by atoms with Crippen LogP contribution in [0.15, 0.2) is 48.5 Å². The summed E-state index contributed by atoms with van der Waals surface area (Å²) in [6.07, 6.45) is 0. The minimum Gasteiger partial charge on any atom is -0.452 e. The van der Waals surface area contributed by atoms with Crippen molar-refractivity contribution in [2.45, 2.75) is 19.8 Å². The van der Waals surface area contributed by atoms with Crippen LogP contribution in [0.1, 0.15) is 35.7 Å². The molecule has 0 unspecified atom stereocenters. The van der Waals surface area contributed by atoms with Gasteiger partial charge in [-0.15, -0.1) is 0 Å². The molecule has 0 saturated carbocycles. The van der Waals surface area contributed by atoms with E-state index in [0.717, 1.165) is 5.56 Å². The van der Waals surface area contributed by atoms with Crippen LogP contribution in [0.25, 0.3) is 0 Å². The molecule has 0 aliphatic rings. The van der Waals surface area contributed by atoms with Crippen LogP contribution >= 0.6 is 0 Å². The molecule has 2 aromatic rings. The van der Waals surface area contributed by atoms with Crippen molar-refractivity contribution in [3.05, 3.63) is 59.7 Å². The normalized spacial score (nSPS) is 10.3. The van der Waals surface area contributed by atoms with Gasteiger partial charge in [-0.1, -0.05) is 32.0 Å². The molecular formula is C19H21N3O4. The number of rotatable bonds is 6. The summed E-state index contributed by atoms with van der Waals surface area (Å²) in [5.74, 6) is -0.803. The maximum Gasteiger partial charge on any atom is 0.338 e. The van der Waals surface area contributed by atoms with E-state index in [4.69, 9.17) is 10.5 Å². The van der Waals surface area contributed by atoms with Crippen molar-refractivity contribution >= 4 is 29.3 Å². The molecule has 136 valence electrons. The molecule has 0 saturated heterocycles. The zero-order valence-corrected chi connectivity index (χ0v) is 14.6. The quantitative estimate of drug-likeness (QED) is 0.691. The largest absolute Gasteiger partial charge is 0.452 e. The summed E-state index contributed by atoms with van der Waals surface area (Å²) in [4.78, 5) is 34.8. The molecule has 0 radical (unpaired) electrons. The number of amides is 3. The van der Waals surface area contributed by atoms with Gasteiger partial charge in [-0.3, -0.25) is 4.79 Å². The van der Waals surface area contributed by atoms with Crippen LogP contribution in [-0.4, -0.2) is 24.5 Å². The number of hydrogen-bond acceptors (Lipinski definition) is 4. The van der Waals surface area contributed by atoms with Gasteiger partial charge in [-0.25, -0.2) is 9.59 Å². The molecule has 0 heterocycles. The van der Waals surface area contributed by atoms with Gasteiger partial charge in [0.2, 0.25) is 0 Å². The molecule has 0 spiro atoms. The fourth-order valence-electron chi connectivity index (χ4n) is 2.35. The summed E-state index contributed by atoms with van der Waals surface area (Å²) in [6.45, 7) is 3.66. The maximum absolute atomic E-state index is 12.0. The maximum atomic E-state index is 12.0. The number of benzene rings is 2. The third-order valence-electron chi connectivity index (χ3n) is 3.58. The first-order chi connectivity index (χ1) is 12.4. The van der Waals surface area contributed by atoms with Gasteiger partial charge in [0, 0.05) is 11.4 Å². The van der Waals surface area contributed by atoms with Crippen molar-refractivity contribution in [2.75, 3.05) is 17.2 Å². The van der Waals surface area contributed by atoms with E-state index in [0.29, 0.717) is 11.4 Å². The van der Waals surface area contributed by atoms with Crippen LogP contribution in [0, 0.1) is 0 Å². The predicted octanol–water partition coefficient (Wildman–Crippen LogP) is 3.10. The summed E-state index contributed by atoms with van der Waals surface area (Å²) in [6, 6.07) is 12.8. The highest BCUT2D eigenvalue weighted by Gasteiger charge is 2.13. The van der Waals surface area contributed by atoms with Crippen LogP contribution in [0.5, 0.6) is 0 Å². The molecular weight excluding hydrogens is 334 g/mol. The van der Waals surface area contributed by atoms with Crippen molar-refractivity contribution in [3.63, 3.8) is 0 Å². The molecule has 4 N–H and O–H groups in total. The second-order valence-corrected chi connectivity index (χ2v) is 5.93. The molecule has 3 amide bonds. The molecule has 0 aromatic heterocycles. The van der Waals surface area contributed by atoms with Gasteiger partial charge >= 0.3 is 12.0 Å². The number of nitrogens with one attached hydrogen (secondary N) is 2. The van der Waals surface area contributed by atoms with Crippen molar-refractivity contribution < 1.29 is 19.1 Å². The zero-order valence-electron chi connectivity index (χ0n) is 14.6. The highest BCUT2D eigenvalue weighted by atomic mass is 16.5. The molecule has 0 atom stereocenters. The lowest BCUT2D eigenvalue weighted by molar-refractivity contribution is -0.119. The van der Waals surface area contributed by atoms with Crippen molar-refractivity contribution in [1.29, 1.82) is 0 Å². The number of para-hydroxylation sites is 1. The van der Waals surface area contributed by atoms with Crippen LogP contribution in [0.4, 0.5) is 16.2 Å². The SMILES string of the molecule is CC(C)c1ccccc1NC(=O)COC(=O)c1ccc(NC(N)=O)cc1. The van der Waals surface area contributed by atoms with E-state index in [1.165, 1.54) is 24.3 Å². The minimum absolute atomic E-state index is 0.251. The predicted molar refractivity (Wildman–Crippen MR) is 99.1 cm³/mol. The first kappa shape index (κ1) is 19.0. The number of carbonyl (C=O) groups excluding carboxylic acids is 3. The number of urea groups is 1. The second kappa shape index (κ2) is 8.66. The lowest BCUT2D eigenvalue weighted by Gasteiger charge is -2.13. The lowest BCUT2D eigenvalue weighted by atomic mass is 10.0. The molecule has 0 fully saturated rings. The monoisotopic (exact) mass is 355 g/mol. The van der Waals surface area contributed by atoms with Crippen LogP contribution < -0.4 is 16.4 Å². The van der Waals surface area contributed by atoms with Gasteiger partial charge in [0.15, 0.2) is 6.61 Å². The Balaban J connectivity index is 1.91. The Morgan fingerprint density at radius 3 is 2.27 bits per heavy atom. The summed E-state index contributed by atoms with van der Waals surface area (Å²) >= 11 is 0. The van der Waals surface area contributed by atoms with E-state index in [9.17, 15) is 14.4 Å². The van der Waals surface area contributed by atoms with Crippen LogP contribution in [0.2, 0.25) is 0 Å². The summed E-state index contributed by atoms with van der Waals surface area (Å²) in [5, 5.41) is 5.14. The van der Waals surface area contributed by atoms with Crippen molar-refractivity contribution in [2.24, 2.45) is 5.73 Å². The smallest absolute Gasteiger partial charge is 0.338 e. The van der Waals surface area contributed by atoms with Crippen LogP contribution in [0.3, 0.4) is 0 Å². The van der Waals surface area contributed by atoms with E-state index in [-0.39, 0.29) is 11.5 Å². The fraction of sp³-hybridized carbons (Fsp3) is 0.211. The molecule has 7 heteroatoms. The Morgan fingerprint density at radius 2 is 1.65 bits per heavy atom. The standard InChI is InChI=1S/C19H21N3O4/c1-12(2)15-5-3-4-6-16(15)22-17(23)11-26-18(24)13-7-9-14(10-8-13)21-19(20)25/h3-10,12H,11H2,1-2H3,(H,22,23)(H3,20,21,25). The van der Waals surface area contributed by atoms with Gasteiger partial charge in [-0.05, 0) is 41.8 Å². The molecule has 0 aliphatic carbocycles. The lowest BCUT2D eigenvalue weighted by Crippen LogP contribution is -2.22. The number of anilines is 2. The second-order valence-electron chi connectivity index (χ2n) is 5.93. The third kappa shape index (κ3) is 5.34. The molecule has 2 rings (SSSR count). The number of nitrogens with two attached hydrogens (primary N) is 1. The number of esters is 1. The number of ether oxygens (including phenoxy) is 1. The Kier molecular flexibility index (Phi) is 6.32. The average molecular weight is 355 g/mol.